The van der Waals surface area contributed by atoms with Crippen LogP contribution in [0.2, 0.25) is 0 Å². The van der Waals surface area contributed by atoms with Crippen molar-refractivity contribution in [1.82, 2.24) is 0 Å². The van der Waals surface area contributed by atoms with Gasteiger partial charge in [-0.3, -0.25) is 18.6 Å². The van der Waals surface area contributed by atoms with Gasteiger partial charge < -0.3 is 29.3 Å². The lowest BCUT2D eigenvalue weighted by molar-refractivity contribution is -0.161. The first kappa shape index (κ1) is 53.7. The summed E-state index contributed by atoms with van der Waals surface area (Å²) in [4.78, 5) is 35.1. The highest BCUT2D eigenvalue weighted by Crippen LogP contribution is 2.43. The Morgan fingerprint density at radius 3 is 1.81 bits per heavy atom. The zero-order valence-corrected chi connectivity index (χ0v) is 37.3. The number of rotatable bonds is 42. The van der Waals surface area contributed by atoms with E-state index < -0.39 is 51.8 Å². The minimum Gasteiger partial charge on any atom is -0.462 e. The molecule has 0 aromatic heterocycles. The number of phosphoric ester groups is 1. The third-order valence-corrected chi connectivity index (χ3v) is 11.8. The van der Waals surface area contributed by atoms with Gasteiger partial charge in [-0.15, -0.1) is 0 Å². The molecule has 0 aromatic carbocycles. The second-order valence-corrected chi connectivity index (χ2v) is 17.9. The molecule has 1 aliphatic heterocycles. The van der Waals surface area contributed by atoms with Gasteiger partial charge in [0.25, 0.3) is 0 Å². The van der Waals surface area contributed by atoms with Crippen LogP contribution in [0.1, 0.15) is 207 Å². The summed E-state index contributed by atoms with van der Waals surface area (Å²) < 4.78 is 38.5. The molecule has 6 atom stereocenters. The van der Waals surface area contributed by atoms with Crippen LogP contribution in [0.3, 0.4) is 0 Å². The lowest BCUT2D eigenvalue weighted by Gasteiger charge is -2.20. The molecule has 0 amide bonds. The Bertz CT molecular complexity index is 1040. The lowest BCUT2D eigenvalue weighted by Crippen LogP contribution is -2.29. The third-order valence-electron chi connectivity index (χ3n) is 10.9. The average molecular weight is 833 g/mol. The van der Waals surface area contributed by atoms with Crippen LogP contribution in [0.25, 0.3) is 0 Å². The highest BCUT2D eigenvalue weighted by atomic mass is 31.2. The van der Waals surface area contributed by atoms with Crippen LogP contribution in [-0.2, 0) is 37.4 Å². The number of aliphatic hydroxyl groups is 2. The first-order valence-corrected chi connectivity index (χ1v) is 24.7. The lowest BCUT2D eigenvalue weighted by atomic mass is 9.99. The zero-order valence-electron chi connectivity index (χ0n) is 36.4. The van der Waals surface area contributed by atoms with Gasteiger partial charge in [0.2, 0.25) is 0 Å². The highest BCUT2D eigenvalue weighted by Gasteiger charge is 2.36. The summed E-state index contributed by atoms with van der Waals surface area (Å²) in [7, 11) is -4.62. The molecule has 336 valence electrons. The summed E-state index contributed by atoms with van der Waals surface area (Å²) in [6.45, 7) is 4.72. The van der Waals surface area contributed by atoms with E-state index in [0.717, 1.165) is 63.7 Å². The zero-order chi connectivity index (χ0) is 41.8. The van der Waals surface area contributed by atoms with E-state index in [1.54, 1.807) is 0 Å². The van der Waals surface area contributed by atoms with Crippen molar-refractivity contribution in [3.8, 4) is 0 Å². The fourth-order valence-corrected chi connectivity index (χ4v) is 7.59. The van der Waals surface area contributed by atoms with E-state index >= 15 is 0 Å². The maximum atomic E-state index is 12.6. The molecule has 12 heteroatoms. The molecule has 0 aromatic rings. The summed E-state index contributed by atoms with van der Waals surface area (Å²) in [6.07, 6.45) is 34.8. The SMILES string of the molecule is CCCCCC1OC1C/C=C\CCCCCCCC(=O)O[C@H](COC(=O)CCCCCCCCCCCCCCCCC(C)CC)COP(=O)(O)OC[C@@H](O)CO. The predicted molar refractivity (Wildman–Crippen MR) is 228 cm³/mol. The smallest absolute Gasteiger partial charge is 0.462 e. The Labute approximate surface area is 347 Å². The van der Waals surface area contributed by atoms with Gasteiger partial charge in [-0.1, -0.05) is 168 Å². The Morgan fingerprint density at radius 1 is 0.684 bits per heavy atom. The quantitative estimate of drug-likeness (QED) is 0.0176. The maximum Gasteiger partial charge on any atom is 0.472 e. The third kappa shape index (κ3) is 34.1. The van der Waals surface area contributed by atoms with Crippen molar-refractivity contribution >= 4 is 19.8 Å². The van der Waals surface area contributed by atoms with E-state index in [1.807, 2.05) is 0 Å². The second-order valence-electron chi connectivity index (χ2n) is 16.4. The van der Waals surface area contributed by atoms with Crippen molar-refractivity contribution in [3.63, 3.8) is 0 Å². The van der Waals surface area contributed by atoms with Crippen LogP contribution in [0.4, 0.5) is 0 Å². The summed E-state index contributed by atoms with van der Waals surface area (Å²) >= 11 is 0. The van der Waals surface area contributed by atoms with Crippen molar-refractivity contribution in [2.24, 2.45) is 5.92 Å². The minimum absolute atomic E-state index is 0.167. The van der Waals surface area contributed by atoms with Crippen LogP contribution < -0.4 is 0 Å². The van der Waals surface area contributed by atoms with Crippen LogP contribution in [0, 0.1) is 5.92 Å². The fourth-order valence-electron chi connectivity index (χ4n) is 6.80. The summed E-state index contributed by atoms with van der Waals surface area (Å²) in [5, 5.41) is 18.4. The molecule has 0 aliphatic carbocycles. The molecule has 1 heterocycles. The molecule has 1 saturated heterocycles. The van der Waals surface area contributed by atoms with Gasteiger partial charge in [-0.05, 0) is 44.4 Å². The summed E-state index contributed by atoms with van der Waals surface area (Å²) in [5.41, 5.74) is 0. The number of aliphatic hydroxyl groups excluding tert-OH is 2. The number of esters is 2. The number of epoxide rings is 1. The number of allylic oxidation sites excluding steroid dienone is 1. The molecular weight excluding hydrogens is 747 g/mol. The second kappa shape index (κ2) is 36.5. The molecule has 57 heavy (non-hydrogen) atoms. The minimum atomic E-state index is -4.62. The first-order chi connectivity index (χ1) is 27.6. The van der Waals surface area contributed by atoms with Gasteiger partial charge >= 0.3 is 19.8 Å². The van der Waals surface area contributed by atoms with E-state index in [2.05, 4.69) is 32.9 Å². The van der Waals surface area contributed by atoms with Crippen LogP contribution in [-0.4, -0.2) is 77.9 Å². The van der Waals surface area contributed by atoms with Gasteiger partial charge in [0.1, 0.15) is 12.7 Å². The van der Waals surface area contributed by atoms with Crippen LogP contribution in [0.15, 0.2) is 12.2 Å². The van der Waals surface area contributed by atoms with Crippen LogP contribution in [0.5, 0.6) is 0 Å². The predicted octanol–water partition coefficient (Wildman–Crippen LogP) is 11.2. The number of ether oxygens (including phenoxy) is 3. The van der Waals surface area contributed by atoms with Crippen LogP contribution >= 0.6 is 7.82 Å². The number of unbranched alkanes of at least 4 members (excludes halogenated alkanes) is 20. The molecule has 1 aliphatic rings. The number of phosphoric acid groups is 1. The Kier molecular flexibility index (Phi) is 34.4. The van der Waals surface area contributed by atoms with Gasteiger partial charge in [0.15, 0.2) is 6.10 Å². The normalized spacial score (nSPS) is 18.0. The maximum absolute atomic E-state index is 12.6. The van der Waals surface area contributed by atoms with Crippen molar-refractivity contribution in [3.05, 3.63) is 12.2 Å². The molecule has 4 unspecified atom stereocenters. The van der Waals surface area contributed by atoms with Crippen molar-refractivity contribution in [2.45, 2.75) is 231 Å². The average Bonchev–Trinajstić information content (AvgIpc) is 3.96. The molecule has 0 saturated carbocycles. The number of carbonyl (C=O) groups is 2. The Balaban J connectivity index is 2.21. The van der Waals surface area contributed by atoms with E-state index in [1.165, 1.54) is 103 Å². The number of carbonyl (C=O) groups excluding carboxylic acids is 2. The van der Waals surface area contributed by atoms with E-state index in [9.17, 15) is 24.2 Å². The standard InChI is InChI=1S/C45H85O11P/c1-4-6-25-31-42-43(56-42)32-27-22-18-15-16-20-24-29-34-45(49)55-41(38-54-57(50,51)53-36-40(47)35-46)37-52-44(48)33-28-23-19-14-12-10-8-7-9-11-13-17-21-26-30-39(3)5-2/h22,27,39-43,46-47H,4-21,23-26,28-38H2,1-3H3,(H,50,51)/b27-22-/t39?,40-,41+,42?,43?/m0/s1. The number of hydrogen-bond donors (Lipinski definition) is 3. The molecule has 0 spiro atoms. The van der Waals surface area contributed by atoms with Gasteiger partial charge in [-0.25, -0.2) is 4.57 Å². The van der Waals surface area contributed by atoms with Gasteiger partial charge in [0, 0.05) is 12.8 Å². The summed E-state index contributed by atoms with van der Waals surface area (Å²) in [6, 6.07) is 0. The summed E-state index contributed by atoms with van der Waals surface area (Å²) in [5.74, 6) is -0.0629. The fraction of sp³-hybridized carbons (Fsp3) is 0.911. The molecule has 1 rings (SSSR count). The highest BCUT2D eigenvalue weighted by molar-refractivity contribution is 7.47. The first-order valence-electron chi connectivity index (χ1n) is 23.2. The number of hydrogen-bond acceptors (Lipinski definition) is 10. The monoisotopic (exact) mass is 833 g/mol. The Hall–Kier alpha value is -1.33. The van der Waals surface area contributed by atoms with E-state index in [4.69, 9.17) is 28.4 Å². The van der Waals surface area contributed by atoms with Gasteiger partial charge in [-0.2, -0.15) is 0 Å². The van der Waals surface area contributed by atoms with E-state index in [-0.39, 0.29) is 19.4 Å². The topological polar surface area (TPSA) is 161 Å². The van der Waals surface area contributed by atoms with Crippen molar-refractivity contribution in [1.29, 1.82) is 0 Å². The van der Waals surface area contributed by atoms with Crippen molar-refractivity contribution in [2.75, 3.05) is 26.4 Å². The molecule has 0 radical (unpaired) electrons. The molecule has 11 nitrogen and oxygen atoms in total. The molecule has 1 fully saturated rings. The van der Waals surface area contributed by atoms with Crippen molar-refractivity contribution < 1.29 is 52.5 Å². The Morgan fingerprint density at radius 2 is 1.23 bits per heavy atom. The molecule has 0 bridgehead atoms. The largest absolute Gasteiger partial charge is 0.472 e. The van der Waals surface area contributed by atoms with Gasteiger partial charge in [0.05, 0.1) is 32.0 Å². The molecule has 3 N–H and O–H groups in total. The molecular formula is C45H85O11P. The van der Waals surface area contributed by atoms with E-state index in [0.29, 0.717) is 25.0 Å².